The molecule has 0 spiro atoms. The highest BCUT2D eigenvalue weighted by molar-refractivity contribution is 5.79. The molecular weight excluding hydrogens is 402 g/mol. The van der Waals surface area contributed by atoms with Crippen molar-refractivity contribution in [3.63, 3.8) is 0 Å². The third-order valence-electron chi connectivity index (χ3n) is 4.59. The average Bonchev–Trinajstić information content (AvgIpc) is 3.08. The molecule has 0 saturated heterocycles. The number of fused-ring (bicyclic) bond motifs is 1. The highest BCUT2D eigenvalue weighted by Gasteiger charge is 2.18. The summed E-state index contributed by atoms with van der Waals surface area (Å²) in [5.74, 6) is -0.381. The van der Waals surface area contributed by atoms with Crippen LogP contribution in [0.1, 0.15) is 5.56 Å². The van der Waals surface area contributed by atoms with Crippen molar-refractivity contribution in [2.75, 3.05) is 29.6 Å². The van der Waals surface area contributed by atoms with Gasteiger partial charge in [-0.15, -0.1) is 0 Å². The van der Waals surface area contributed by atoms with E-state index in [2.05, 4.69) is 25.6 Å². The number of oxazole rings is 1. The molecule has 0 aliphatic heterocycles. The summed E-state index contributed by atoms with van der Waals surface area (Å²) in [6, 6.07) is 10.6. The molecule has 0 aliphatic carbocycles. The SMILES string of the molecule is Cc1ccc(Nc2ncc([N+](=O)[O-])c(Nc3ccc4oc(=O)[nH]c4c3)n2)cc1N(C)C. The maximum atomic E-state index is 11.5. The second-order valence-electron chi connectivity index (χ2n) is 7.06. The number of aromatic amines is 1. The van der Waals surface area contributed by atoms with E-state index >= 15 is 0 Å². The first kappa shape index (κ1) is 19.9. The van der Waals surface area contributed by atoms with Gasteiger partial charge in [0.2, 0.25) is 11.8 Å². The third kappa shape index (κ3) is 4.15. The van der Waals surface area contributed by atoms with Crippen molar-refractivity contribution in [1.82, 2.24) is 15.0 Å². The third-order valence-corrected chi connectivity index (χ3v) is 4.59. The molecule has 0 atom stereocenters. The number of nitro groups is 1. The van der Waals surface area contributed by atoms with Crippen LogP contribution in [-0.4, -0.2) is 34.0 Å². The number of nitrogens with one attached hydrogen (secondary N) is 3. The second kappa shape index (κ2) is 7.78. The summed E-state index contributed by atoms with van der Waals surface area (Å²) in [7, 11) is 3.89. The van der Waals surface area contributed by atoms with Gasteiger partial charge in [0.25, 0.3) is 0 Å². The van der Waals surface area contributed by atoms with Gasteiger partial charge in [0.1, 0.15) is 6.20 Å². The first-order chi connectivity index (χ1) is 14.8. The lowest BCUT2D eigenvalue weighted by molar-refractivity contribution is -0.384. The molecule has 0 saturated carbocycles. The zero-order chi connectivity index (χ0) is 22.1. The maximum Gasteiger partial charge on any atom is 0.417 e. The topological polar surface area (TPSA) is 142 Å². The summed E-state index contributed by atoms with van der Waals surface area (Å²) >= 11 is 0. The van der Waals surface area contributed by atoms with Crippen molar-refractivity contribution >= 4 is 45.6 Å². The smallest absolute Gasteiger partial charge is 0.408 e. The molecule has 158 valence electrons. The summed E-state index contributed by atoms with van der Waals surface area (Å²) < 4.78 is 4.97. The number of aromatic nitrogens is 3. The standard InChI is InChI=1S/C20H19N7O4/c1-11-4-5-13(9-15(11)26(2)3)23-19-21-10-16(27(29)30)18(25-19)22-12-6-7-17-14(8-12)24-20(28)31-17/h4-10H,1-3H3,(H,24,28)(H2,21,22,23,25). The number of H-pyrrole nitrogens is 1. The predicted octanol–water partition coefficient (Wildman–Crippen LogP) is 3.68. The molecular formula is C20H19N7O4. The van der Waals surface area contributed by atoms with E-state index in [4.69, 9.17) is 4.42 Å². The average molecular weight is 421 g/mol. The van der Waals surface area contributed by atoms with Gasteiger partial charge in [0, 0.05) is 31.2 Å². The zero-order valence-corrected chi connectivity index (χ0v) is 17.0. The molecule has 31 heavy (non-hydrogen) atoms. The minimum absolute atomic E-state index is 0.00707. The Morgan fingerprint density at radius 1 is 1.13 bits per heavy atom. The van der Waals surface area contributed by atoms with Crippen molar-refractivity contribution < 1.29 is 9.34 Å². The molecule has 0 radical (unpaired) electrons. The van der Waals surface area contributed by atoms with Crippen LogP contribution >= 0.6 is 0 Å². The van der Waals surface area contributed by atoms with E-state index < -0.39 is 10.7 Å². The molecule has 0 fully saturated rings. The van der Waals surface area contributed by atoms with Crippen molar-refractivity contribution in [3.05, 3.63) is 68.8 Å². The number of hydrogen-bond donors (Lipinski definition) is 3. The van der Waals surface area contributed by atoms with E-state index in [1.165, 1.54) is 0 Å². The van der Waals surface area contributed by atoms with Crippen molar-refractivity contribution in [1.29, 1.82) is 0 Å². The Bertz CT molecular complexity index is 1340. The van der Waals surface area contributed by atoms with Crippen molar-refractivity contribution in [2.45, 2.75) is 6.92 Å². The fourth-order valence-corrected chi connectivity index (χ4v) is 3.13. The second-order valence-corrected chi connectivity index (χ2v) is 7.06. The first-order valence-electron chi connectivity index (χ1n) is 9.26. The molecule has 0 unspecified atom stereocenters. The molecule has 4 rings (SSSR count). The van der Waals surface area contributed by atoms with Crippen LogP contribution < -0.4 is 21.3 Å². The van der Waals surface area contributed by atoms with Crippen molar-refractivity contribution in [3.8, 4) is 0 Å². The van der Waals surface area contributed by atoms with Gasteiger partial charge in [-0.2, -0.15) is 4.98 Å². The first-order valence-corrected chi connectivity index (χ1v) is 9.26. The molecule has 2 aromatic carbocycles. The molecule has 4 aromatic rings. The minimum atomic E-state index is -0.582. The summed E-state index contributed by atoms with van der Waals surface area (Å²) in [6.45, 7) is 2.01. The largest absolute Gasteiger partial charge is 0.417 e. The fraction of sp³-hybridized carbons (Fsp3) is 0.150. The minimum Gasteiger partial charge on any atom is -0.408 e. The van der Waals surface area contributed by atoms with Crippen LogP contribution in [0.15, 0.2) is 51.8 Å². The van der Waals surface area contributed by atoms with E-state index in [-0.39, 0.29) is 17.5 Å². The van der Waals surface area contributed by atoms with Crippen molar-refractivity contribution in [2.24, 2.45) is 0 Å². The lowest BCUT2D eigenvalue weighted by Crippen LogP contribution is -2.10. The fourth-order valence-electron chi connectivity index (χ4n) is 3.13. The summed E-state index contributed by atoms with van der Waals surface area (Å²) in [6.07, 6.45) is 1.14. The Morgan fingerprint density at radius 3 is 2.61 bits per heavy atom. The van der Waals surface area contributed by atoms with Gasteiger partial charge >= 0.3 is 11.4 Å². The Morgan fingerprint density at radius 2 is 1.87 bits per heavy atom. The van der Waals surface area contributed by atoms with Gasteiger partial charge < -0.3 is 20.0 Å². The van der Waals surface area contributed by atoms with Crippen LogP contribution in [-0.2, 0) is 0 Å². The Kier molecular flexibility index (Phi) is 4.99. The summed E-state index contributed by atoms with van der Waals surface area (Å²) in [5, 5.41) is 17.4. The molecule has 0 aliphatic rings. The van der Waals surface area contributed by atoms with Gasteiger partial charge in [-0.25, -0.2) is 9.78 Å². The van der Waals surface area contributed by atoms with Crippen LogP contribution in [0.25, 0.3) is 11.1 Å². The van der Waals surface area contributed by atoms with E-state index in [9.17, 15) is 14.9 Å². The van der Waals surface area contributed by atoms with Crippen LogP contribution in [0.2, 0.25) is 0 Å². The Balaban J connectivity index is 1.67. The van der Waals surface area contributed by atoms with Gasteiger partial charge in [0.15, 0.2) is 5.58 Å². The molecule has 0 bridgehead atoms. The van der Waals surface area contributed by atoms with Crippen LogP contribution in [0.4, 0.5) is 34.5 Å². The zero-order valence-electron chi connectivity index (χ0n) is 17.0. The highest BCUT2D eigenvalue weighted by Crippen LogP contribution is 2.29. The van der Waals surface area contributed by atoms with E-state index in [0.717, 1.165) is 23.1 Å². The van der Waals surface area contributed by atoms with Gasteiger partial charge in [0.05, 0.1) is 10.4 Å². The summed E-state index contributed by atoms with van der Waals surface area (Å²) in [4.78, 5) is 35.1. The number of aryl methyl sites for hydroxylation is 1. The van der Waals surface area contributed by atoms with E-state index in [0.29, 0.717) is 16.8 Å². The van der Waals surface area contributed by atoms with E-state index in [1.54, 1.807) is 18.2 Å². The number of benzene rings is 2. The maximum absolute atomic E-state index is 11.5. The molecule has 11 nitrogen and oxygen atoms in total. The molecule has 2 heterocycles. The van der Waals surface area contributed by atoms with Gasteiger partial charge in [-0.1, -0.05) is 6.07 Å². The molecule has 11 heteroatoms. The Labute approximate surface area is 175 Å². The van der Waals surface area contributed by atoms with Gasteiger partial charge in [-0.05, 0) is 42.8 Å². The predicted molar refractivity (Wildman–Crippen MR) is 118 cm³/mol. The monoisotopic (exact) mass is 421 g/mol. The number of nitrogens with zero attached hydrogens (tertiary/aromatic N) is 4. The lowest BCUT2D eigenvalue weighted by Gasteiger charge is -2.17. The normalized spacial score (nSPS) is 10.8. The van der Waals surface area contributed by atoms with Crippen LogP contribution in [0.3, 0.4) is 0 Å². The Hall–Kier alpha value is -4.41. The summed E-state index contributed by atoms with van der Waals surface area (Å²) in [5.41, 5.74) is 3.91. The molecule has 2 aromatic heterocycles. The van der Waals surface area contributed by atoms with Crippen LogP contribution in [0, 0.1) is 17.0 Å². The molecule has 0 amide bonds. The number of hydrogen-bond acceptors (Lipinski definition) is 9. The molecule has 3 N–H and O–H groups in total. The quantitative estimate of drug-likeness (QED) is 0.314. The number of anilines is 5. The lowest BCUT2D eigenvalue weighted by atomic mass is 10.1. The van der Waals surface area contributed by atoms with Crippen LogP contribution in [0.5, 0.6) is 0 Å². The number of rotatable bonds is 6. The van der Waals surface area contributed by atoms with E-state index in [1.807, 2.05) is 44.1 Å². The van der Waals surface area contributed by atoms with Gasteiger partial charge in [-0.3, -0.25) is 15.1 Å². The highest BCUT2D eigenvalue weighted by atomic mass is 16.6.